The summed E-state index contributed by atoms with van der Waals surface area (Å²) in [7, 11) is 0. The number of esters is 1. The molecule has 0 aliphatic heterocycles. The van der Waals surface area contributed by atoms with Crippen LogP contribution in [0.4, 0.5) is 4.39 Å². The van der Waals surface area contributed by atoms with Crippen LogP contribution >= 0.6 is 0 Å². The molecule has 6 heteroatoms. The maximum atomic E-state index is 12.9. The topological polar surface area (TPSA) is 64.6 Å². The van der Waals surface area contributed by atoms with E-state index in [4.69, 9.17) is 9.47 Å². The summed E-state index contributed by atoms with van der Waals surface area (Å²) in [6.07, 6.45) is 0. The van der Waals surface area contributed by atoms with E-state index in [1.165, 1.54) is 12.1 Å². The summed E-state index contributed by atoms with van der Waals surface area (Å²) in [6.45, 7) is 3.78. The van der Waals surface area contributed by atoms with E-state index in [1.54, 1.807) is 43.3 Å². The molecule has 132 valence electrons. The van der Waals surface area contributed by atoms with Gasteiger partial charge in [-0.3, -0.25) is 4.79 Å². The van der Waals surface area contributed by atoms with Crippen LogP contribution in [-0.4, -0.2) is 25.1 Å². The number of benzene rings is 2. The molecule has 0 saturated heterocycles. The smallest absolute Gasteiger partial charge is 0.338 e. The Labute approximate surface area is 145 Å². The van der Waals surface area contributed by atoms with Crippen molar-refractivity contribution in [1.82, 2.24) is 5.32 Å². The molecular formula is C19H20FNO4. The van der Waals surface area contributed by atoms with Crippen LogP contribution in [0, 0.1) is 5.82 Å². The highest BCUT2D eigenvalue weighted by atomic mass is 19.1. The molecule has 25 heavy (non-hydrogen) atoms. The zero-order valence-electron chi connectivity index (χ0n) is 14.1. The molecule has 2 aromatic rings. The maximum absolute atomic E-state index is 12.9. The monoisotopic (exact) mass is 345 g/mol. The van der Waals surface area contributed by atoms with E-state index < -0.39 is 18.5 Å². The fourth-order valence-corrected chi connectivity index (χ4v) is 2.19. The van der Waals surface area contributed by atoms with Crippen molar-refractivity contribution in [3.05, 3.63) is 65.5 Å². The van der Waals surface area contributed by atoms with Crippen molar-refractivity contribution in [3.63, 3.8) is 0 Å². The average Bonchev–Trinajstić information content (AvgIpc) is 2.61. The largest absolute Gasteiger partial charge is 0.494 e. The predicted octanol–water partition coefficient (Wildman–Crippen LogP) is 3.26. The predicted molar refractivity (Wildman–Crippen MR) is 90.9 cm³/mol. The summed E-state index contributed by atoms with van der Waals surface area (Å²) in [5.74, 6) is -0.708. The van der Waals surface area contributed by atoms with Crippen LogP contribution in [0.15, 0.2) is 48.5 Å². The zero-order valence-corrected chi connectivity index (χ0v) is 14.1. The van der Waals surface area contributed by atoms with Gasteiger partial charge in [0.15, 0.2) is 6.61 Å². The summed E-state index contributed by atoms with van der Waals surface area (Å²) >= 11 is 0. The number of halogens is 1. The molecule has 0 aliphatic rings. The fourth-order valence-electron chi connectivity index (χ4n) is 2.19. The molecule has 2 aromatic carbocycles. The van der Waals surface area contributed by atoms with Crippen molar-refractivity contribution in [3.8, 4) is 5.75 Å². The molecule has 5 nitrogen and oxygen atoms in total. The lowest BCUT2D eigenvalue weighted by atomic mass is 10.1. The Kier molecular flexibility index (Phi) is 6.51. The first-order chi connectivity index (χ1) is 12.0. The van der Waals surface area contributed by atoms with Crippen LogP contribution in [0.2, 0.25) is 0 Å². The Bertz CT molecular complexity index is 713. The van der Waals surface area contributed by atoms with Gasteiger partial charge in [-0.1, -0.05) is 12.1 Å². The maximum Gasteiger partial charge on any atom is 0.338 e. The van der Waals surface area contributed by atoms with Gasteiger partial charge in [-0.15, -0.1) is 0 Å². The Morgan fingerprint density at radius 2 is 1.72 bits per heavy atom. The number of carbonyl (C=O) groups excluding carboxylic acids is 2. The van der Waals surface area contributed by atoms with Gasteiger partial charge in [-0.05, 0) is 55.8 Å². The fraction of sp³-hybridized carbons (Fsp3) is 0.263. The number of nitrogens with one attached hydrogen (secondary N) is 1. The van der Waals surface area contributed by atoms with Crippen LogP contribution in [0.1, 0.15) is 35.8 Å². The minimum Gasteiger partial charge on any atom is -0.494 e. The summed E-state index contributed by atoms with van der Waals surface area (Å²) in [5, 5.41) is 2.69. The first kappa shape index (κ1) is 18.4. The van der Waals surface area contributed by atoms with Crippen molar-refractivity contribution < 1.29 is 23.5 Å². The van der Waals surface area contributed by atoms with E-state index in [0.717, 1.165) is 5.56 Å². The van der Waals surface area contributed by atoms with Gasteiger partial charge in [0.05, 0.1) is 18.2 Å². The molecule has 1 atom stereocenters. The molecule has 2 rings (SSSR count). The van der Waals surface area contributed by atoms with Gasteiger partial charge >= 0.3 is 5.97 Å². The molecule has 0 aliphatic carbocycles. The molecule has 0 bridgehead atoms. The summed E-state index contributed by atoms with van der Waals surface area (Å²) in [5.41, 5.74) is 1.09. The quantitative estimate of drug-likeness (QED) is 0.783. The number of rotatable bonds is 7. The van der Waals surface area contributed by atoms with E-state index in [1.807, 2.05) is 6.92 Å². The second kappa shape index (κ2) is 8.82. The Balaban J connectivity index is 1.82. The molecule has 0 unspecified atom stereocenters. The molecule has 0 radical (unpaired) electrons. The van der Waals surface area contributed by atoms with Crippen LogP contribution in [-0.2, 0) is 9.53 Å². The van der Waals surface area contributed by atoms with Gasteiger partial charge in [-0.2, -0.15) is 0 Å². The van der Waals surface area contributed by atoms with Crippen LogP contribution < -0.4 is 10.1 Å². The molecule has 0 spiro atoms. The second-order valence-electron chi connectivity index (χ2n) is 5.37. The molecular weight excluding hydrogens is 325 g/mol. The van der Waals surface area contributed by atoms with Gasteiger partial charge in [0.25, 0.3) is 5.91 Å². The number of ether oxygens (including phenoxy) is 2. The van der Waals surface area contributed by atoms with Crippen molar-refractivity contribution in [2.24, 2.45) is 0 Å². The van der Waals surface area contributed by atoms with Gasteiger partial charge < -0.3 is 14.8 Å². The standard InChI is InChI=1S/C19H20FNO4/c1-3-24-17-10-6-15(7-11-17)19(23)25-12-18(22)21-13(2)14-4-8-16(20)9-5-14/h4-11,13H,3,12H2,1-2H3,(H,21,22)/t13-/m0/s1. The minimum absolute atomic E-state index is 0.322. The van der Waals surface area contributed by atoms with Gasteiger partial charge in [0.1, 0.15) is 11.6 Å². The van der Waals surface area contributed by atoms with Gasteiger partial charge in [0.2, 0.25) is 0 Å². The van der Waals surface area contributed by atoms with Crippen LogP contribution in [0.3, 0.4) is 0 Å². The normalized spacial score (nSPS) is 11.5. The van der Waals surface area contributed by atoms with Crippen molar-refractivity contribution >= 4 is 11.9 Å². The summed E-state index contributed by atoms with van der Waals surface area (Å²) in [6, 6.07) is 12.0. The summed E-state index contributed by atoms with van der Waals surface area (Å²) in [4.78, 5) is 23.8. The van der Waals surface area contributed by atoms with Gasteiger partial charge in [-0.25, -0.2) is 9.18 Å². The van der Waals surface area contributed by atoms with Crippen molar-refractivity contribution in [2.75, 3.05) is 13.2 Å². The molecule has 0 fully saturated rings. The highest BCUT2D eigenvalue weighted by Gasteiger charge is 2.13. The average molecular weight is 345 g/mol. The van der Waals surface area contributed by atoms with Crippen LogP contribution in [0.5, 0.6) is 5.75 Å². The Morgan fingerprint density at radius 1 is 1.08 bits per heavy atom. The van der Waals surface area contributed by atoms with Crippen molar-refractivity contribution in [1.29, 1.82) is 0 Å². The summed E-state index contributed by atoms with van der Waals surface area (Å²) < 4.78 is 23.2. The molecule has 1 N–H and O–H groups in total. The third kappa shape index (κ3) is 5.60. The number of carbonyl (C=O) groups is 2. The first-order valence-electron chi connectivity index (χ1n) is 7.94. The van der Waals surface area contributed by atoms with E-state index >= 15 is 0 Å². The number of hydrogen-bond acceptors (Lipinski definition) is 4. The zero-order chi connectivity index (χ0) is 18.2. The lowest BCUT2D eigenvalue weighted by Crippen LogP contribution is -2.31. The lowest BCUT2D eigenvalue weighted by Gasteiger charge is -2.14. The van der Waals surface area contributed by atoms with Crippen molar-refractivity contribution in [2.45, 2.75) is 19.9 Å². The molecule has 0 aromatic heterocycles. The third-order valence-electron chi connectivity index (χ3n) is 3.48. The first-order valence-corrected chi connectivity index (χ1v) is 7.94. The highest BCUT2D eigenvalue weighted by Crippen LogP contribution is 2.14. The van der Waals surface area contributed by atoms with E-state index in [2.05, 4.69) is 5.32 Å². The van der Waals surface area contributed by atoms with E-state index in [9.17, 15) is 14.0 Å². The molecule has 1 amide bonds. The number of amides is 1. The highest BCUT2D eigenvalue weighted by molar-refractivity contribution is 5.91. The van der Waals surface area contributed by atoms with Crippen LogP contribution in [0.25, 0.3) is 0 Å². The Hall–Kier alpha value is -2.89. The van der Waals surface area contributed by atoms with Gasteiger partial charge in [0, 0.05) is 0 Å². The van der Waals surface area contributed by atoms with E-state index in [0.29, 0.717) is 17.9 Å². The second-order valence-corrected chi connectivity index (χ2v) is 5.37. The SMILES string of the molecule is CCOc1ccc(C(=O)OCC(=O)N[C@@H](C)c2ccc(F)cc2)cc1. The molecule has 0 saturated carbocycles. The Morgan fingerprint density at radius 3 is 2.32 bits per heavy atom. The van der Waals surface area contributed by atoms with E-state index in [-0.39, 0.29) is 11.9 Å². The third-order valence-corrected chi connectivity index (χ3v) is 3.48. The molecule has 0 heterocycles. The minimum atomic E-state index is -0.590. The number of hydrogen-bond donors (Lipinski definition) is 1. The lowest BCUT2D eigenvalue weighted by molar-refractivity contribution is -0.124.